The minimum absolute atomic E-state index is 0.210. The first-order chi connectivity index (χ1) is 9.06. The molecule has 0 radical (unpaired) electrons. The summed E-state index contributed by atoms with van der Waals surface area (Å²) in [5.41, 5.74) is 1.37. The molecule has 0 bridgehead atoms. The summed E-state index contributed by atoms with van der Waals surface area (Å²) < 4.78 is 14.6. The van der Waals surface area contributed by atoms with Crippen LogP contribution in [-0.2, 0) is 12.8 Å². The van der Waals surface area contributed by atoms with E-state index in [-0.39, 0.29) is 12.2 Å². The second-order valence-electron chi connectivity index (χ2n) is 4.39. The summed E-state index contributed by atoms with van der Waals surface area (Å²) in [5.74, 6) is -0.373. The molecule has 4 heteroatoms. The molecule has 0 fully saturated rings. The minimum Gasteiger partial charge on any atom is -0.392 e. The fourth-order valence-electron chi connectivity index (χ4n) is 1.93. The van der Waals surface area contributed by atoms with Crippen molar-refractivity contribution < 1.29 is 9.50 Å². The van der Waals surface area contributed by atoms with Crippen molar-refractivity contribution in [3.05, 3.63) is 68.9 Å². The number of benzene rings is 2. The summed E-state index contributed by atoms with van der Waals surface area (Å²) in [7, 11) is 0. The Morgan fingerprint density at radius 1 is 1.11 bits per heavy atom. The van der Waals surface area contributed by atoms with Crippen molar-refractivity contribution in [3.8, 4) is 0 Å². The maximum atomic E-state index is 13.6. The normalized spacial score (nSPS) is 12.4. The Bertz CT molecular complexity index is 536. The van der Waals surface area contributed by atoms with Gasteiger partial charge in [-0.1, -0.05) is 45.7 Å². The van der Waals surface area contributed by atoms with Crippen LogP contribution in [0.25, 0.3) is 0 Å². The molecule has 0 spiro atoms. The first kappa shape index (κ1) is 14.5. The topological polar surface area (TPSA) is 20.2 Å². The molecule has 0 aromatic heterocycles. The van der Waals surface area contributed by atoms with Crippen LogP contribution in [0.5, 0.6) is 0 Å². The van der Waals surface area contributed by atoms with Gasteiger partial charge in [-0.05, 0) is 36.2 Å². The summed E-state index contributed by atoms with van der Waals surface area (Å²) in [6, 6.07) is 12.2. The van der Waals surface area contributed by atoms with E-state index >= 15 is 0 Å². The zero-order valence-corrected chi connectivity index (χ0v) is 12.5. The Balaban J connectivity index is 2.05. The molecule has 0 saturated heterocycles. The highest BCUT2D eigenvalue weighted by molar-refractivity contribution is 9.10. The summed E-state index contributed by atoms with van der Waals surface area (Å²) in [4.78, 5) is 0. The predicted octanol–water partition coefficient (Wildman–Crippen LogP) is 4.39. The van der Waals surface area contributed by atoms with Crippen molar-refractivity contribution >= 4 is 27.5 Å². The lowest BCUT2D eigenvalue weighted by atomic mass is 10.0. The highest BCUT2D eigenvalue weighted by Crippen LogP contribution is 2.21. The number of aliphatic hydroxyl groups is 1. The number of rotatable bonds is 4. The van der Waals surface area contributed by atoms with Gasteiger partial charge in [0.25, 0.3) is 0 Å². The van der Waals surface area contributed by atoms with Crippen LogP contribution in [0, 0.1) is 5.82 Å². The molecule has 0 aliphatic rings. The van der Waals surface area contributed by atoms with Crippen LogP contribution in [0.2, 0.25) is 5.02 Å². The second-order valence-corrected chi connectivity index (χ2v) is 5.71. The quantitative estimate of drug-likeness (QED) is 0.873. The van der Waals surface area contributed by atoms with Crippen LogP contribution in [-0.4, -0.2) is 11.2 Å². The van der Waals surface area contributed by atoms with Crippen molar-refractivity contribution in [1.29, 1.82) is 0 Å². The van der Waals surface area contributed by atoms with Gasteiger partial charge in [0.1, 0.15) is 5.82 Å². The van der Waals surface area contributed by atoms with E-state index in [0.717, 1.165) is 10.0 Å². The molecule has 0 aliphatic carbocycles. The van der Waals surface area contributed by atoms with Gasteiger partial charge < -0.3 is 5.11 Å². The molecule has 100 valence electrons. The average Bonchev–Trinajstić information content (AvgIpc) is 2.37. The second kappa shape index (κ2) is 6.51. The third-order valence-electron chi connectivity index (χ3n) is 2.89. The average molecular weight is 344 g/mol. The van der Waals surface area contributed by atoms with Crippen LogP contribution < -0.4 is 0 Å². The zero-order chi connectivity index (χ0) is 13.8. The van der Waals surface area contributed by atoms with Gasteiger partial charge in [0.2, 0.25) is 0 Å². The molecule has 1 atom stereocenters. The minimum atomic E-state index is -0.657. The fraction of sp³-hybridized carbons (Fsp3) is 0.200. The van der Waals surface area contributed by atoms with E-state index in [0.29, 0.717) is 17.0 Å². The van der Waals surface area contributed by atoms with E-state index in [9.17, 15) is 9.50 Å². The number of hydrogen-bond donors (Lipinski definition) is 1. The van der Waals surface area contributed by atoms with E-state index in [4.69, 9.17) is 11.6 Å². The molecule has 2 aromatic rings. The van der Waals surface area contributed by atoms with Crippen molar-refractivity contribution in [2.45, 2.75) is 18.9 Å². The maximum absolute atomic E-state index is 13.6. The largest absolute Gasteiger partial charge is 0.392 e. The van der Waals surface area contributed by atoms with Gasteiger partial charge >= 0.3 is 0 Å². The van der Waals surface area contributed by atoms with Crippen LogP contribution in [0.4, 0.5) is 4.39 Å². The lowest BCUT2D eigenvalue weighted by Crippen LogP contribution is -2.15. The molecule has 0 aliphatic heterocycles. The van der Waals surface area contributed by atoms with E-state index in [2.05, 4.69) is 15.9 Å². The number of aliphatic hydroxyl groups excluding tert-OH is 1. The van der Waals surface area contributed by atoms with Crippen LogP contribution in [0.15, 0.2) is 46.9 Å². The highest BCUT2D eigenvalue weighted by Gasteiger charge is 2.13. The monoisotopic (exact) mass is 342 g/mol. The molecule has 2 rings (SSSR count). The first-order valence-electron chi connectivity index (χ1n) is 5.91. The lowest BCUT2D eigenvalue weighted by molar-refractivity contribution is 0.174. The van der Waals surface area contributed by atoms with E-state index < -0.39 is 6.10 Å². The summed E-state index contributed by atoms with van der Waals surface area (Å²) in [6.07, 6.45) is 0.0232. The third kappa shape index (κ3) is 4.03. The molecule has 1 unspecified atom stereocenters. The Morgan fingerprint density at radius 2 is 1.79 bits per heavy atom. The van der Waals surface area contributed by atoms with Gasteiger partial charge in [-0.3, -0.25) is 0 Å². The Morgan fingerprint density at radius 3 is 2.42 bits per heavy atom. The summed E-state index contributed by atoms with van der Waals surface area (Å²) in [6.45, 7) is 0. The highest BCUT2D eigenvalue weighted by atomic mass is 79.9. The first-order valence-corrected chi connectivity index (χ1v) is 7.09. The predicted molar refractivity (Wildman–Crippen MR) is 79.0 cm³/mol. The van der Waals surface area contributed by atoms with Gasteiger partial charge in [0, 0.05) is 21.5 Å². The summed E-state index contributed by atoms with van der Waals surface area (Å²) >= 11 is 9.30. The van der Waals surface area contributed by atoms with Crippen molar-refractivity contribution in [3.63, 3.8) is 0 Å². The molecule has 1 N–H and O–H groups in total. The molecule has 0 amide bonds. The molecular weight excluding hydrogens is 331 g/mol. The third-order valence-corrected chi connectivity index (χ3v) is 3.77. The number of halogens is 3. The van der Waals surface area contributed by atoms with E-state index in [1.165, 1.54) is 6.07 Å². The molecular formula is C15H13BrClFO. The zero-order valence-electron chi connectivity index (χ0n) is 10.1. The van der Waals surface area contributed by atoms with Crippen molar-refractivity contribution in [1.82, 2.24) is 0 Å². The van der Waals surface area contributed by atoms with E-state index in [1.54, 1.807) is 12.1 Å². The van der Waals surface area contributed by atoms with Gasteiger partial charge in [0.05, 0.1) is 6.10 Å². The standard InChI is InChI=1S/C15H13BrClFO/c16-11-6-4-10(5-7-11)8-12(19)9-13-14(17)2-1-3-15(13)18/h1-7,12,19H,8-9H2. The van der Waals surface area contributed by atoms with Crippen LogP contribution in [0.3, 0.4) is 0 Å². The lowest BCUT2D eigenvalue weighted by Gasteiger charge is -2.12. The SMILES string of the molecule is OC(Cc1ccc(Br)cc1)Cc1c(F)cccc1Cl. The van der Waals surface area contributed by atoms with Gasteiger partial charge in [-0.25, -0.2) is 4.39 Å². The number of hydrogen-bond acceptors (Lipinski definition) is 1. The van der Waals surface area contributed by atoms with Crippen LogP contribution in [0.1, 0.15) is 11.1 Å². The molecule has 1 nitrogen and oxygen atoms in total. The van der Waals surface area contributed by atoms with Gasteiger partial charge in [0.15, 0.2) is 0 Å². The fourth-order valence-corrected chi connectivity index (χ4v) is 2.43. The van der Waals surface area contributed by atoms with E-state index in [1.807, 2.05) is 24.3 Å². The smallest absolute Gasteiger partial charge is 0.127 e. The van der Waals surface area contributed by atoms with Gasteiger partial charge in [-0.15, -0.1) is 0 Å². The maximum Gasteiger partial charge on any atom is 0.127 e. The van der Waals surface area contributed by atoms with Crippen LogP contribution >= 0.6 is 27.5 Å². The molecule has 19 heavy (non-hydrogen) atoms. The Kier molecular flexibility index (Phi) is 4.97. The van der Waals surface area contributed by atoms with Gasteiger partial charge in [-0.2, -0.15) is 0 Å². The molecule has 0 heterocycles. The summed E-state index contributed by atoms with van der Waals surface area (Å²) in [5, 5.41) is 10.4. The van der Waals surface area contributed by atoms with Crippen molar-refractivity contribution in [2.24, 2.45) is 0 Å². The van der Waals surface area contributed by atoms with Crippen molar-refractivity contribution in [2.75, 3.05) is 0 Å². The molecule has 0 saturated carbocycles. The molecule has 2 aromatic carbocycles. The Labute approximate surface area is 125 Å². The Hall–Kier alpha value is -0.900.